The molecule has 1 fully saturated rings. The highest BCUT2D eigenvalue weighted by Gasteiger charge is 2.19. The molecule has 10 heavy (non-hydrogen) atoms. The second kappa shape index (κ2) is 3.71. The summed E-state index contributed by atoms with van der Waals surface area (Å²) < 4.78 is 20.8. The topological polar surface area (TPSA) is 40.5 Å². The summed E-state index contributed by atoms with van der Waals surface area (Å²) in [6, 6.07) is 0. The largest absolute Gasteiger partial charge is 0.294 e. The summed E-state index contributed by atoms with van der Waals surface area (Å²) in [6.45, 7) is 3.54. The monoisotopic (exact) mass is 181 g/mol. The predicted molar refractivity (Wildman–Crippen MR) is 44.3 cm³/mol. The molecule has 0 aromatic rings. The van der Waals surface area contributed by atoms with E-state index in [1.165, 1.54) is 0 Å². The quantitative estimate of drug-likeness (QED) is 0.601. The van der Waals surface area contributed by atoms with Gasteiger partial charge in [-0.15, -0.1) is 0 Å². The summed E-state index contributed by atoms with van der Waals surface area (Å²) in [4.78, 5) is 0. The Morgan fingerprint density at radius 2 is 2.50 bits per heavy atom. The van der Waals surface area contributed by atoms with E-state index in [2.05, 4.69) is 6.92 Å². The fourth-order valence-electron chi connectivity index (χ4n) is 0.928. The molecule has 60 valence electrons. The maximum absolute atomic E-state index is 10.5. The van der Waals surface area contributed by atoms with Gasteiger partial charge in [0.15, 0.2) is 0 Å². The van der Waals surface area contributed by atoms with Crippen LogP contribution in [-0.2, 0) is 11.3 Å². The first kappa shape index (κ1) is 8.52. The zero-order chi connectivity index (χ0) is 7.56. The molecule has 0 aromatic carbocycles. The molecule has 5 heteroatoms. The molecule has 1 saturated heterocycles. The third-order valence-electron chi connectivity index (χ3n) is 1.42. The van der Waals surface area contributed by atoms with E-state index in [9.17, 15) is 4.21 Å². The minimum atomic E-state index is -1.75. The van der Waals surface area contributed by atoms with Gasteiger partial charge in [-0.25, -0.2) is 4.21 Å². The molecule has 0 spiro atoms. The summed E-state index contributed by atoms with van der Waals surface area (Å²) in [5.41, 5.74) is 0. The van der Waals surface area contributed by atoms with Crippen molar-refractivity contribution in [1.82, 2.24) is 4.31 Å². The van der Waals surface area contributed by atoms with E-state index in [0.717, 1.165) is 18.8 Å². The van der Waals surface area contributed by atoms with Crippen molar-refractivity contribution in [3.63, 3.8) is 0 Å². The van der Waals surface area contributed by atoms with Crippen LogP contribution in [0, 0.1) is 0 Å². The number of nitrogens with zero attached hydrogens (tertiary/aromatic N) is 1. The lowest BCUT2D eigenvalue weighted by Gasteiger charge is -2.26. The predicted octanol–water partition coefficient (Wildman–Crippen LogP) is 0.560. The molecule has 3 nitrogen and oxygen atoms in total. The van der Waals surface area contributed by atoms with E-state index in [1.54, 1.807) is 4.31 Å². The standard InChI is InChI=1S/C5H11NO2S2/c1-5-4-6(10(7)8)2-3-9-5/h5H,2-4H2,1H3,(H,7,8). The molecular formula is C5H11NO2S2. The number of rotatable bonds is 1. The molecule has 1 aliphatic rings. The Morgan fingerprint density at radius 3 is 2.90 bits per heavy atom. The van der Waals surface area contributed by atoms with Gasteiger partial charge >= 0.3 is 0 Å². The molecule has 0 radical (unpaired) electrons. The van der Waals surface area contributed by atoms with E-state index >= 15 is 0 Å². The third-order valence-corrected chi connectivity index (χ3v) is 3.33. The second-order valence-corrected chi connectivity index (χ2v) is 4.82. The number of hydrogen-bond acceptors (Lipinski definition) is 2. The Balaban J connectivity index is 2.39. The zero-order valence-electron chi connectivity index (χ0n) is 5.82. The molecule has 0 aromatic heterocycles. The van der Waals surface area contributed by atoms with Crippen molar-refractivity contribution in [3.8, 4) is 0 Å². The Morgan fingerprint density at radius 1 is 1.80 bits per heavy atom. The Bertz CT molecular complexity index is 142. The molecule has 0 amide bonds. The Labute approximate surface area is 67.6 Å². The summed E-state index contributed by atoms with van der Waals surface area (Å²) >= 11 is 0.0993. The van der Waals surface area contributed by atoms with E-state index < -0.39 is 11.3 Å². The SMILES string of the molecule is CC1CN(S(=O)O)CCS1. The van der Waals surface area contributed by atoms with Crippen molar-refractivity contribution in [2.24, 2.45) is 0 Å². The van der Waals surface area contributed by atoms with Crippen LogP contribution in [0.5, 0.6) is 0 Å². The summed E-state index contributed by atoms with van der Waals surface area (Å²) in [5, 5.41) is 0.491. The van der Waals surface area contributed by atoms with Gasteiger partial charge in [-0.2, -0.15) is 16.1 Å². The zero-order valence-corrected chi connectivity index (χ0v) is 7.45. The smallest absolute Gasteiger partial charge is 0.234 e. The number of thioether (sulfide) groups is 1. The average molecular weight is 181 g/mol. The van der Waals surface area contributed by atoms with Gasteiger partial charge in [0.2, 0.25) is 11.3 Å². The van der Waals surface area contributed by atoms with E-state index in [-0.39, 0.29) is 0 Å². The molecule has 1 rings (SSSR count). The molecule has 1 heterocycles. The van der Waals surface area contributed by atoms with E-state index in [4.69, 9.17) is 4.55 Å². The van der Waals surface area contributed by atoms with Crippen LogP contribution in [0.3, 0.4) is 0 Å². The summed E-state index contributed by atoms with van der Waals surface area (Å²) in [5.74, 6) is 0.966. The highest BCUT2D eigenvalue weighted by Crippen LogP contribution is 2.17. The summed E-state index contributed by atoms with van der Waals surface area (Å²) in [7, 11) is 0. The lowest BCUT2D eigenvalue weighted by atomic mass is 10.4. The molecule has 1 N–H and O–H groups in total. The highest BCUT2D eigenvalue weighted by molar-refractivity contribution is 8.00. The van der Waals surface area contributed by atoms with Crippen molar-refractivity contribution in [1.29, 1.82) is 0 Å². The van der Waals surface area contributed by atoms with Crippen molar-refractivity contribution < 1.29 is 8.76 Å². The fraction of sp³-hybridized carbons (Fsp3) is 1.00. The molecule has 2 unspecified atom stereocenters. The van der Waals surface area contributed by atoms with Crippen LogP contribution in [0.25, 0.3) is 0 Å². The number of hydrogen-bond donors (Lipinski definition) is 1. The first-order valence-corrected chi connectivity index (χ1v) is 5.29. The van der Waals surface area contributed by atoms with Gasteiger partial charge in [0.1, 0.15) is 0 Å². The van der Waals surface area contributed by atoms with Gasteiger partial charge in [0.25, 0.3) is 0 Å². The van der Waals surface area contributed by atoms with Crippen LogP contribution < -0.4 is 0 Å². The molecular weight excluding hydrogens is 170 g/mol. The third kappa shape index (κ3) is 2.23. The Hall–Kier alpha value is 0.420. The van der Waals surface area contributed by atoms with Gasteiger partial charge < -0.3 is 0 Å². The van der Waals surface area contributed by atoms with Crippen LogP contribution in [0.1, 0.15) is 6.92 Å². The first-order valence-electron chi connectivity index (χ1n) is 3.17. The summed E-state index contributed by atoms with van der Waals surface area (Å²) in [6.07, 6.45) is 0. The van der Waals surface area contributed by atoms with Crippen LogP contribution in [0.2, 0.25) is 0 Å². The minimum absolute atomic E-state index is 0.491. The van der Waals surface area contributed by atoms with Crippen molar-refractivity contribution >= 4 is 23.0 Å². The molecule has 0 saturated carbocycles. The highest BCUT2D eigenvalue weighted by atomic mass is 32.2. The fourth-order valence-corrected chi connectivity index (χ4v) is 2.75. The van der Waals surface area contributed by atoms with Crippen LogP contribution in [0.4, 0.5) is 0 Å². The maximum atomic E-state index is 10.5. The van der Waals surface area contributed by atoms with Crippen molar-refractivity contribution in [2.75, 3.05) is 18.8 Å². The lowest BCUT2D eigenvalue weighted by molar-refractivity contribution is 0.408. The van der Waals surface area contributed by atoms with Crippen LogP contribution >= 0.6 is 11.8 Å². The van der Waals surface area contributed by atoms with Gasteiger partial charge in [0.05, 0.1) is 0 Å². The lowest BCUT2D eigenvalue weighted by Crippen LogP contribution is -2.37. The van der Waals surface area contributed by atoms with Gasteiger partial charge in [-0.3, -0.25) is 4.55 Å². The van der Waals surface area contributed by atoms with Gasteiger partial charge in [0, 0.05) is 24.1 Å². The van der Waals surface area contributed by atoms with Crippen LogP contribution in [-0.4, -0.2) is 37.2 Å². The van der Waals surface area contributed by atoms with Gasteiger partial charge in [-0.05, 0) is 0 Å². The van der Waals surface area contributed by atoms with E-state index in [0.29, 0.717) is 5.25 Å². The van der Waals surface area contributed by atoms with Crippen molar-refractivity contribution in [2.45, 2.75) is 12.2 Å². The maximum Gasteiger partial charge on any atom is 0.234 e. The minimum Gasteiger partial charge on any atom is -0.294 e. The van der Waals surface area contributed by atoms with E-state index in [1.807, 2.05) is 11.8 Å². The molecule has 0 aliphatic carbocycles. The first-order chi connectivity index (χ1) is 4.70. The van der Waals surface area contributed by atoms with Crippen LogP contribution in [0.15, 0.2) is 0 Å². The van der Waals surface area contributed by atoms with Crippen molar-refractivity contribution in [3.05, 3.63) is 0 Å². The Kier molecular flexibility index (Phi) is 3.16. The van der Waals surface area contributed by atoms with Gasteiger partial charge in [-0.1, -0.05) is 6.92 Å². The average Bonchev–Trinajstić information content (AvgIpc) is 1.88. The second-order valence-electron chi connectivity index (χ2n) is 2.30. The molecule has 2 atom stereocenters. The molecule has 0 bridgehead atoms. The molecule has 1 aliphatic heterocycles. The normalized spacial score (nSPS) is 32.0.